The Labute approximate surface area is 169 Å². The summed E-state index contributed by atoms with van der Waals surface area (Å²) >= 11 is 0. The van der Waals surface area contributed by atoms with Crippen LogP contribution in [0.1, 0.15) is 27.8 Å². The average molecular weight is 426 g/mol. The molecule has 0 unspecified atom stereocenters. The van der Waals surface area contributed by atoms with Gasteiger partial charge >= 0.3 is 12.1 Å². The first-order valence-corrected chi connectivity index (χ1v) is 8.49. The van der Waals surface area contributed by atoms with Crippen LogP contribution in [0.2, 0.25) is 0 Å². The molecule has 0 N–H and O–H groups in total. The van der Waals surface area contributed by atoms with E-state index in [0.29, 0.717) is 22.8 Å². The second-order valence-corrected chi connectivity index (χ2v) is 5.95. The van der Waals surface area contributed by atoms with Gasteiger partial charge < -0.3 is 14.4 Å². The lowest BCUT2D eigenvalue weighted by atomic mass is 9.99. The Balaban J connectivity index is 2.28. The Kier molecular flexibility index (Phi) is 7.51. The van der Waals surface area contributed by atoms with Crippen molar-refractivity contribution in [3.05, 3.63) is 70.0 Å². The molecule has 0 atom stereocenters. The van der Waals surface area contributed by atoms with E-state index in [4.69, 9.17) is 14.4 Å². The molecular weight excluding hydrogens is 408 g/mol. The van der Waals surface area contributed by atoms with E-state index < -0.39 is 23.5 Å². The number of nitrogens with zero attached hydrogens (tertiary/aromatic N) is 2. The summed E-state index contributed by atoms with van der Waals surface area (Å²) in [5, 5.41) is 7.24. The second-order valence-electron chi connectivity index (χ2n) is 5.95. The summed E-state index contributed by atoms with van der Waals surface area (Å²) in [4.78, 5) is 21.8. The number of aryl methyl sites for hydroxylation is 1. The minimum atomic E-state index is -4.75. The third-order valence-corrected chi connectivity index (χ3v) is 4.02. The molecule has 160 valence electrons. The van der Waals surface area contributed by atoms with Crippen LogP contribution in [0.4, 0.5) is 17.6 Å². The van der Waals surface area contributed by atoms with Crippen LogP contribution in [0.15, 0.2) is 46.7 Å². The molecule has 0 aliphatic heterocycles. The van der Waals surface area contributed by atoms with Crippen molar-refractivity contribution in [1.29, 1.82) is 0 Å². The lowest BCUT2D eigenvalue weighted by Crippen LogP contribution is -2.20. The maximum absolute atomic E-state index is 13.2. The summed E-state index contributed by atoms with van der Waals surface area (Å²) in [7, 11) is 2.45. The van der Waals surface area contributed by atoms with Crippen LogP contribution in [0, 0.1) is 12.7 Å². The number of benzene rings is 2. The maximum atomic E-state index is 13.2. The molecule has 0 bridgehead atoms. The Morgan fingerprint density at radius 2 is 1.90 bits per heavy atom. The quantitative estimate of drug-likeness (QED) is 0.288. The van der Waals surface area contributed by atoms with Crippen LogP contribution in [0.25, 0.3) is 0 Å². The largest absolute Gasteiger partial charge is 0.464 e. The number of methoxy groups -OCH3 is 1. The fraction of sp³-hybridized carbons (Fsp3) is 0.250. The molecule has 0 spiro atoms. The zero-order chi connectivity index (χ0) is 22.3. The molecule has 0 saturated carbocycles. The van der Waals surface area contributed by atoms with Gasteiger partial charge in [-0.05, 0) is 30.7 Å². The minimum absolute atomic E-state index is 0.107. The van der Waals surface area contributed by atoms with Crippen molar-refractivity contribution in [3.8, 4) is 0 Å². The highest BCUT2D eigenvalue weighted by Crippen LogP contribution is 2.32. The zero-order valence-corrected chi connectivity index (χ0v) is 16.3. The molecule has 0 radical (unpaired) electrons. The van der Waals surface area contributed by atoms with E-state index in [1.165, 1.54) is 14.2 Å². The van der Waals surface area contributed by atoms with Crippen LogP contribution in [0.3, 0.4) is 0 Å². The fourth-order valence-electron chi connectivity index (χ4n) is 2.58. The third-order valence-electron chi connectivity index (χ3n) is 4.02. The van der Waals surface area contributed by atoms with Gasteiger partial charge in [-0.2, -0.15) is 13.2 Å². The molecule has 6 nitrogen and oxygen atoms in total. The molecule has 0 fully saturated rings. The summed E-state index contributed by atoms with van der Waals surface area (Å²) in [6.07, 6.45) is -3.91. The first-order valence-electron chi connectivity index (χ1n) is 8.49. The van der Waals surface area contributed by atoms with E-state index >= 15 is 0 Å². The summed E-state index contributed by atoms with van der Waals surface area (Å²) in [5.74, 6) is -1.76. The van der Waals surface area contributed by atoms with Gasteiger partial charge in [-0.15, -0.1) is 0 Å². The van der Waals surface area contributed by atoms with Gasteiger partial charge in [-0.1, -0.05) is 28.5 Å². The summed E-state index contributed by atoms with van der Waals surface area (Å²) in [6.45, 7) is 1.57. The SMILES string of the molecule is CO/N=C(/C(=O)OC)c1cccc(C)c1CO/N=C/c1ccc(F)cc1C(F)(F)F. The Bertz CT molecular complexity index is 972. The van der Waals surface area contributed by atoms with E-state index in [0.717, 1.165) is 18.3 Å². The normalized spacial score (nSPS) is 12.2. The van der Waals surface area contributed by atoms with Crippen molar-refractivity contribution in [1.82, 2.24) is 0 Å². The van der Waals surface area contributed by atoms with E-state index in [9.17, 15) is 22.4 Å². The molecule has 30 heavy (non-hydrogen) atoms. The third kappa shape index (κ3) is 5.56. The minimum Gasteiger partial charge on any atom is -0.464 e. The number of ether oxygens (including phenoxy) is 1. The first kappa shape index (κ1) is 22.9. The first-order chi connectivity index (χ1) is 14.2. The van der Waals surface area contributed by atoms with Gasteiger partial charge in [-0.25, -0.2) is 9.18 Å². The second kappa shape index (κ2) is 9.86. The molecule has 0 saturated heterocycles. The van der Waals surface area contributed by atoms with Gasteiger partial charge in [-0.3, -0.25) is 0 Å². The van der Waals surface area contributed by atoms with Crippen LogP contribution in [0.5, 0.6) is 0 Å². The van der Waals surface area contributed by atoms with Gasteiger partial charge in [0.15, 0.2) is 5.71 Å². The van der Waals surface area contributed by atoms with Gasteiger partial charge in [0.05, 0.1) is 18.9 Å². The number of rotatable bonds is 7. The predicted molar refractivity (Wildman–Crippen MR) is 101 cm³/mol. The van der Waals surface area contributed by atoms with Crippen LogP contribution < -0.4 is 0 Å². The number of esters is 1. The lowest BCUT2D eigenvalue weighted by Gasteiger charge is -2.12. The topological polar surface area (TPSA) is 69.5 Å². The van der Waals surface area contributed by atoms with E-state index in [1.54, 1.807) is 25.1 Å². The van der Waals surface area contributed by atoms with Crippen LogP contribution >= 0.6 is 0 Å². The molecule has 0 heterocycles. The smallest absolute Gasteiger partial charge is 0.417 e. The van der Waals surface area contributed by atoms with Crippen molar-refractivity contribution < 1.29 is 36.8 Å². The predicted octanol–water partition coefficient (Wildman–Crippen LogP) is 4.23. The zero-order valence-electron chi connectivity index (χ0n) is 16.3. The van der Waals surface area contributed by atoms with Crippen LogP contribution in [-0.2, 0) is 32.0 Å². The highest BCUT2D eigenvalue weighted by molar-refractivity contribution is 6.43. The molecule has 2 rings (SSSR count). The number of hydrogen-bond acceptors (Lipinski definition) is 6. The summed E-state index contributed by atoms with van der Waals surface area (Å²) in [5.41, 5.74) is -0.0586. The van der Waals surface area contributed by atoms with Crippen molar-refractivity contribution in [2.24, 2.45) is 10.3 Å². The number of hydrogen-bond donors (Lipinski definition) is 0. The maximum Gasteiger partial charge on any atom is 0.417 e. The van der Waals surface area contributed by atoms with Crippen LogP contribution in [-0.4, -0.2) is 32.1 Å². The van der Waals surface area contributed by atoms with E-state index in [-0.39, 0.29) is 17.9 Å². The molecule has 10 heteroatoms. The van der Waals surface area contributed by atoms with E-state index in [2.05, 4.69) is 10.3 Å². The number of halogens is 4. The van der Waals surface area contributed by atoms with Gasteiger partial charge in [0.2, 0.25) is 0 Å². The Morgan fingerprint density at radius 1 is 1.17 bits per heavy atom. The van der Waals surface area contributed by atoms with Crippen molar-refractivity contribution >= 4 is 17.9 Å². The summed E-state index contributed by atoms with van der Waals surface area (Å²) in [6, 6.07) is 7.23. The Hall–Kier alpha value is -3.43. The molecular formula is C20H18F4N2O4. The highest BCUT2D eigenvalue weighted by atomic mass is 19.4. The number of alkyl halides is 3. The molecule has 2 aromatic rings. The Morgan fingerprint density at radius 3 is 2.53 bits per heavy atom. The number of carbonyl (C=O) groups is 1. The van der Waals surface area contributed by atoms with Gasteiger partial charge in [0.1, 0.15) is 19.5 Å². The molecule has 0 aliphatic carbocycles. The molecule has 2 aromatic carbocycles. The lowest BCUT2D eigenvalue weighted by molar-refractivity contribution is -0.138. The average Bonchev–Trinajstić information content (AvgIpc) is 2.70. The van der Waals surface area contributed by atoms with Gasteiger partial charge in [0, 0.05) is 16.7 Å². The molecule has 0 amide bonds. The van der Waals surface area contributed by atoms with Crippen molar-refractivity contribution in [3.63, 3.8) is 0 Å². The van der Waals surface area contributed by atoms with E-state index in [1.807, 2.05) is 0 Å². The summed E-state index contributed by atoms with van der Waals surface area (Å²) < 4.78 is 57.0. The standard InChI is InChI=1S/C20H18F4N2O4/c1-12-5-4-6-15(18(26-29-3)19(27)28-2)16(12)11-30-25-10-13-7-8-14(21)9-17(13)20(22,23)24/h4-10H,11H2,1-3H3/b25-10+,26-18+. The highest BCUT2D eigenvalue weighted by Gasteiger charge is 2.33. The molecule has 0 aromatic heterocycles. The van der Waals surface area contributed by atoms with Crippen molar-refractivity contribution in [2.75, 3.05) is 14.2 Å². The van der Waals surface area contributed by atoms with Gasteiger partial charge in [0.25, 0.3) is 0 Å². The number of oxime groups is 2. The fourth-order valence-corrected chi connectivity index (χ4v) is 2.58. The monoisotopic (exact) mass is 426 g/mol. The molecule has 0 aliphatic rings. The van der Waals surface area contributed by atoms with Crippen molar-refractivity contribution in [2.45, 2.75) is 19.7 Å². The number of carbonyl (C=O) groups excluding carboxylic acids is 1.